The predicted molar refractivity (Wildman–Crippen MR) is 79.2 cm³/mol. The smallest absolute Gasteiger partial charge is 0.166 e. The summed E-state index contributed by atoms with van der Waals surface area (Å²) in [6.07, 6.45) is 6.49. The van der Waals surface area contributed by atoms with Crippen LogP contribution in [0.15, 0.2) is 0 Å². The van der Waals surface area contributed by atoms with Gasteiger partial charge in [0, 0.05) is 12.6 Å². The van der Waals surface area contributed by atoms with E-state index in [1.807, 2.05) is 0 Å². The SMILES string of the molecule is CCNC(=S)NC1CCC(C(C)(C)CC)CC1. The molecule has 0 amide bonds. The Morgan fingerprint density at radius 3 is 2.24 bits per heavy atom. The second-order valence-electron chi connectivity index (χ2n) is 5.89. The summed E-state index contributed by atoms with van der Waals surface area (Å²) < 4.78 is 0. The summed E-state index contributed by atoms with van der Waals surface area (Å²) in [6.45, 7) is 10.1. The van der Waals surface area contributed by atoms with Crippen LogP contribution in [0, 0.1) is 11.3 Å². The minimum absolute atomic E-state index is 0.507. The van der Waals surface area contributed by atoms with Gasteiger partial charge in [-0.05, 0) is 56.2 Å². The highest BCUT2D eigenvalue weighted by Gasteiger charge is 2.31. The first-order chi connectivity index (χ1) is 7.99. The average molecular weight is 256 g/mol. The highest BCUT2D eigenvalue weighted by Crippen LogP contribution is 2.40. The molecule has 100 valence electrons. The molecule has 0 spiro atoms. The third kappa shape index (κ3) is 4.46. The molecule has 0 heterocycles. The fourth-order valence-electron chi connectivity index (χ4n) is 2.70. The lowest BCUT2D eigenvalue weighted by Crippen LogP contribution is -2.44. The number of thiocarbonyl (C=S) groups is 1. The molecule has 0 aromatic carbocycles. The van der Waals surface area contributed by atoms with E-state index in [4.69, 9.17) is 12.2 Å². The van der Waals surface area contributed by atoms with E-state index in [1.54, 1.807) is 0 Å². The average Bonchev–Trinajstić information content (AvgIpc) is 2.30. The summed E-state index contributed by atoms with van der Waals surface area (Å²) in [7, 11) is 0. The van der Waals surface area contributed by atoms with Crippen molar-refractivity contribution < 1.29 is 0 Å². The lowest BCUT2D eigenvalue weighted by Gasteiger charge is -2.39. The predicted octanol–water partition coefficient (Wildman–Crippen LogP) is 3.47. The van der Waals surface area contributed by atoms with Crippen molar-refractivity contribution in [3.63, 3.8) is 0 Å². The minimum Gasteiger partial charge on any atom is -0.363 e. The van der Waals surface area contributed by atoms with Gasteiger partial charge >= 0.3 is 0 Å². The Balaban J connectivity index is 2.33. The first kappa shape index (κ1) is 14.7. The summed E-state index contributed by atoms with van der Waals surface area (Å²) in [4.78, 5) is 0. The van der Waals surface area contributed by atoms with Crippen LogP contribution in [-0.4, -0.2) is 17.7 Å². The molecule has 0 atom stereocenters. The van der Waals surface area contributed by atoms with E-state index in [2.05, 4.69) is 38.3 Å². The third-order valence-corrected chi connectivity index (χ3v) is 4.68. The molecule has 3 heteroatoms. The van der Waals surface area contributed by atoms with E-state index in [-0.39, 0.29) is 0 Å². The monoisotopic (exact) mass is 256 g/mol. The van der Waals surface area contributed by atoms with Gasteiger partial charge in [-0.15, -0.1) is 0 Å². The highest BCUT2D eigenvalue weighted by atomic mass is 32.1. The van der Waals surface area contributed by atoms with Crippen LogP contribution in [0.1, 0.15) is 59.8 Å². The molecule has 0 aliphatic heterocycles. The molecule has 0 aromatic rings. The molecule has 1 fully saturated rings. The Hall–Kier alpha value is -0.310. The van der Waals surface area contributed by atoms with Crippen LogP contribution in [0.5, 0.6) is 0 Å². The fourth-order valence-corrected chi connectivity index (χ4v) is 3.02. The van der Waals surface area contributed by atoms with Crippen LogP contribution in [0.25, 0.3) is 0 Å². The maximum absolute atomic E-state index is 5.24. The van der Waals surface area contributed by atoms with Crippen LogP contribution < -0.4 is 10.6 Å². The van der Waals surface area contributed by atoms with Crippen molar-refractivity contribution in [1.29, 1.82) is 0 Å². The van der Waals surface area contributed by atoms with Crippen molar-refractivity contribution in [2.24, 2.45) is 11.3 Å². The topological polar surface area (TPSA) is 24.1 Å². The molecule has 0 saturated heterocycles. The summed E-state index contributed by atoms with van der Waals surface area (Å²) in [6, 6.07) is 0.588. The molecular weight excluding hydrogens is 228 g/mol. The van der Waals surface area contributed by atoms with Gasteiger partial charge in [0.25, 0.3) is 0 Å². The molecule has 0 unspecified atom stereocenters. The molecule has 2 N–H and O–H groups in total. The van der Waals surface area contributed by atoms with Crippen LogP contribution in [0.2, 0.25) is 0 Å². The quantitative estimate of drug-likeness (QED) is 0.753. The first-order valence-corrected chi connectivity index (χ1v) is 7.44. The largest absolute Gasteiger partial charge is 0.363 e. The number of nitrogens with one attached hydrogen (secondary N) is 2. The Morgan fingerprint density at radius 1 is 1.18 bits per heavy atom. The second-order valence-corrected chi connectivity index (χ2v) is 6.30. The van der Waals surface area contributed by atoms with Gasteiger partial charge in [-0.25, -0.2) is 0 Å². The van der Waals surface area contributed by atoms with Crippen LogP contribution in [0.4, 0.5) is 0 Å². The molecule has 0 bridgehead atoms. The number of hydrogen-bond acceptors (Lipinski definition) is 1. The van der Waals surface area contributed by atoms with E-state index >= 15 is 0 Å². The van der Waals surface area contributed by atoms with Gasteiger partial charge in [-0.1, -0.05) is 27.2 Å². The zero-order valence-corrected chi connectivity index (χ0v) is 12.6. The molecule has 0 aromatic heterocycles. The Bertz CT molecular complexity index is 243. The highest BCUT2D eigenvalue weighted by molar-refractivity contribution is 7.80. The van der Waals surface area contributed by atoms with E-state index in [0.29, 0.717) is 11.5 Å². The first-order valence-electron chi connectivity index (χ1n) is 7.04. The van der Waals surface area contributed by atoms with Crippen LogP contribution in [0.3, 0.4) is 0 Å². The van der Waals surface area contributed by atoms with Gasteiger partial charge < -0.3 is 10.6 Å². The van der Waals surface area contributed by atoms with Gasteiger partial charge in [0.2, 0.25) is 0 Å². The molecule has 1 aliphatic rings. The van der Waals surface area contributed by atoms with Gasteiger partial charge in [0.15, 0.2) is 5.11 Å². The maximum Gasteiger partial charge on any atom is 0.166 e. The molecule has 2 nitrogen and oxygen atoms in total. The lowest BCUT2D eigenvalue weighted by molar-refractivity contribution is 0.141. The van der Waals surface area contributed by atoms with Crippen molar-refractivity contribution in [2.75, 3.05) is 6.54 Å². The normalized spacial score (nSPS) is 25.4. The molecule has 17 heavy (non-hydrogen) atoms. The van der Waals surface area contributed by atoms with E-state index in [0.717, 1.165) is 17.6 Å². The maximum atomic E-state index is 5.24. The number of hydrogen-bond donors (Lipinski definition) is 2. The van der Waals surface area contributed by atoms with Crippen LogP contribution in [-0.2, 0) is 0 Å². The van der Waals surface area contributed by atoms with Gasteiger partial charge in [-0.2, -0.15) is 0 Å². The van der Waals surface area contributed by atoms with E-state index < -0.39 is 0 Å². The standard InChI is InChI=1S/C14H28N2S/c1-5-14(3,4)11-7-9-12(10-8-11)16-13(17)15-6-2/h11-12H,5-10H2,1-4H3,(H2,15,16,17). The molecule has 1 aliphatic carbocycles. The Morgan fingerprint density at radius 2 is 1.76 bits per heavy atom. The zero-order valence-electron chi connectivity index (χ0n) is 11.8. The molecule has 1 rings (SSSR count). The Labute approximate surface area is 112 Å². The van der Waals surface area contributed by atoms with Crippen molar-refractivity contribution in [3.05, 3.63) is 0 Å². The molecule has 0 radical (unpaired) electrons. The second kappa shape index (κ2) is 6.58. The summed E-state index contributed by atoms with van der Waals surface area (Å²) in [5.74, 6) is 0.887. The van der Waals surface area contributed by atoms with Crippen LogP contribution >= 0.6 is 12.2 Å². The zero-order chi connectivity index (χ0) is 12.9. The van der Waals surface area contributed by atoms with Gasteiger partial charge in [0.05, 0.1) is 0 Å². The molecular formula is C14H28N2S. The third-order valence-electron chi connectivity index (χ3n) is 4.42. The fraction of sp³-hybridized carbons (Fsp3) is 0.929. The number of rotatable bonds is 4. The van der Waals surface area contributed by atoms with E-state index in [1.165, 1.54) is 32.1 Å². The van der Waals surface area contributed by atoms with Crippen molar-refractivity contribution in [3.8, 4) is 0 Å². The van der Waals surface area contributed by atoms with E-state index in [9.17, 15) is 0 Å². The molecule has 1 saturated carbocycles. The summed E-state index contributed by atoms with van der Waals surface area (Å²) in [5, 5.41) is 7.42. The Kier molecular flexibility index (Phi) is 5.71. The summed E-state index contributed by atoms with van der Waals surface area (Å²) in [5.41, 5.74) is 0.507. The van der Waals surface area contributed by atoms with Gasteiger partial charge in [-0.3, -0.25) is 0 Å². The van der Waals surface area contributed by atoms with Crippen molar-refractivity contribution >= 4 is 17.3 Å². The lowest BCUT2D eigenvalue weighted by atomic mass is 9.69. The van der Waals surface area contributed by atoms with Crippen molar-refractivity contribution in [1.82, 2.24) is 10.6 Å². The van der Waals surface area contributed by atoms with Crippen molar-refractivity contribution in [2.45, 2.75) is 65.8 Å². The van der Waals surface area contributed by atoms with Gasteiger partial charge in [0.1, 0.15) is 0 Å². The summed E-state index contributed by atoms with van der Waals surface area (Å²) >= 11 is 5.24. The minimum atomic E-state index is 0.507.